The minimum absolute atomic E-state index is 0.186. The molecule has 0 unspecified atom stereocenters. The highest BCUT2D eigenvalue weighted by atomic mass is 16.5. The maximum Gasteiger partial charge on any atom is 0.339 e. The van der Waals surface area contributed by atoms with Crippen LogP contribution in [0.25, 0.3) is 22.6 Å². The third kappa shape index (κ3) is 6.56. The Morgan fingerprint density at radius 1 is 0.839 bits per heavy atom. The van der Waals surface area contributed by atoms with Gasteiger partial charge in [-0.2, -0.15) is 0 Å². The van der Waals surface area contributed by atoms with Gasteiger partial charge >= 0.3 is 5.97 Å². The quantitative estimate of drug-likeness (QED) is 0.174. The topological polar surface area (TPSA) is 26.3 Å². The van der Waals surface area contributed by atoms with Gasteiger partial charge in [-0.25, -0.2) is 4.79 Å². The highest BCUT2D eigenvalue weighted by Gasteiger charge is 2.21. The van der Waals surface area contributed by atoms with Gasteiger partial charge < -0.3 is 4.74 Å². The van der Waals surface area contributed by atoms with Crippen molar-refractivity contribution in [1.82, 2.24) is 0 Å². The third-order valence-electron chi connectivity index (χ3n) is 6.20. The monoisotopic (exact) mass is 418 g/mol. The first kappa shape index (κ1) is 23.3. The van der Waals surface area contributed by atoms with Crippen molar-refractivity contribution in [2.24, 2.45) is 0 Å². The Balaban J connectivity index is 1.44. The highest BCUT2D eigenvalue weighted by molar-refractivity contribution is 6.09. The molecule has 0 saturated carbocycles. The first-order valence-corrected chi connectivity index (χ1v) is 12.4. The highest BCUT2D eigenvalue weighted by Crippen LogP contribution is 2.37. The van der Waals surface area contributed by atoms with Crippen molar-refractivity contribution in [2.75, 3.05) is 0 Å². The molecule has 0 fully saturated rings. The number of carbonyl (C=O) groups excluding carboxylic acids is 1. The Bertz CT molecular complexity index is 914. The molecule has 0 aliphatic heterocycles. The fourth-order valence-electron chi connectivity index (χ4n) is 4.50. The molecule has 166 valence electrons. The first-order valence-electron chi connectivity index (χ1n) is 12.4. The predicted octanol–water partition coefficient (Wildman–Crippen LogP) is 8.84. The standard InChI is InChI=1S/C29H38O2/c1-3-5-6-7-8-9-10-11-12-13-17-24(16-4-2)29(30)31-27-22-25-20-14-18-23-19-15-21-26(27)28(23)25/h14-16,18-22H,3-13,17H2,1-2H3. The molecule has 0 spiro atoms. The molecular weight excluding hydrogens is 380 g/mol. The van der Waals surface area contributed by atoms with Crippen molar-refractivity contribution in [3.63, 3.8) is 0 Å². The maximum absolute atomic E-state index is 12.9. The van der Waals surface area contributed by atoms with Crippen LogP contribution in [0.2, 0.25) is 0 Å². The minimum atomic E-state index is -0.186. The van der Waals surface area contributed by atoms with Gasteiger partial charge in [0.05, 0.1) is 0 Å². The molecule has 0 atom stereocenters. The molecular formula is C29H38O2. The lowest BCUT2D eigenvalue weighted by atomic mass is 10.0. The number of hydrogen-bond acceptors (Lipinski definition) is 2. The smallest absolute Gasteiger partial charge is 0.339 e. The summed E-state index contributed by atoms with van der Waals surface area (Å²) in [6, 6.07) is 12.4. The van der Waals surface area contributed by atoms with E-state index in [1.54, 1.807) is 0 Å². The lowest BCUT2D eigenvalue weighted by Gasteiger charge is -2.10. The van der Waals surface area contributed by atoms with E-state index in [0.29, 0.717) is 5.76 Å². The summed E-state index contributed by atoms with van der Waals surface area (Å²) in [5.74, 6) is 0.496. The van der Waals surface area contributed by atoms with E-state index in [4.69, 9.17) is 4.74 Å². The van der Waals surface area contributed by atoms with Crippen molar-refractivity contribution in [1.29, 1.82) is 0 Å². The summed E-state index contributed by atoms with van der Waals surface area (Å²) in [5.41, 5.74) is 2.98. The van der Waals surface area contributed by atoms with Crippen molar-refractivity contribution in [3.8, 4) is 0 Å². The van der Waals surface area contributed by atoms with Gasteiger partial charge in [0, 0.05) is 11.1 Å². The number of hydrogen-bond donors (Lipinski definition) is 0. The van der Waals surface area contributed by atoms with Crippen LogP contribution in [0.15, 0.2) is 48.0 Å². The number of rotatable bonds is 14. The zero-order valence-corrected chi connectivity index (χ0v) is 19.4. The Hall–Kier alpha value is -2.35. The number of ether oxygens (including phenoxy) is 1. The van der Waals surface area contributed by atoms with Crippen LogP contribution in [0, 0.1) is 0 Å². The van der Waals surface area contributed by atoms with E-state index in [2.05, 4.69) is 38.1 Å². The van der Waals surface area contributed by atoms with Crippen LogP contribution in [-0.4, -0.2) is 5.97 Å². The Morgan fingerprint density at radius 2 is 1.48 bits per heavy atom. The van der Waals surface area contributed by atoms with E-state index in [1.807, 2.05) is 24.3 Å². The van der Waals surface area contributed by atoms with Crippen LogP contribution in [0.3, 0.4) is 0 Å². The SMILES string of the molecule is CCC=C(CCCCCCCCCCCC)C(=O)OC1=Cc2cccc3cccc1c23. The molecule has 0 heterocycles. The van der Waals surface area contributed by atoms with Gasteiger partial charge in [0.25, 0.3) is 0 Å². The Morgan fingerprint density at radius 3 is 2.16 bits per heavy atom. The second-order valence-corrected chi connectivity index (χ2v) is 8.72. The summed E-state index contributed by atoms with van der Waals surface area (Å²) >= 11 is 0. The molecule has 3 rings (SSSR count). The van der Waals surface area contributed by atoms with Crippen LogP contribution in [0.4, 0.5) is 0 Å². The van der Waals surface area contributed by atoms with Gasteiger partial charge in [0.2, 0.25) is 0 Å². The van der Waals surface area contributed by atoms with Crippen LogP contribution < -0.4 is 0 Å². The Kier molecular flexibility index (Phi) is 9.39. The van der Waals surface area contributed by atoms with Gasteiger partial charge in [0.15, 0.2) is 0 Å². The van der Waals surface area contributed by atoms with Crippen LogP contribution in [0.1, 0.15) is 102 Å². The molecule has 2 nitrogen and oxygen atoms in total. The second-order valence-electron chi connectivity index (χ2n) is 8.72. The molecule has 0 amide bonds. The zero-order valence-electron chi connectivity index (χ0n) is 19.4. The lowest BCUT2D eigenvalue weighted by Crippen LogP contribution is -2.07. The van der Waals surface area contributed by atoms with Gasteiger partial charge in [-0.1, -0.05) is 114 Å². The van der Waals surface area contributed by atoms with Gasteiger partial charge in [0.1, 0.15) is 5.76 Å². The molecule has 2 aromatic carbocycles. The lowest BCUT2D eigenvalue weighted by molar-refractivity contribution is -0.132. The molecule has 0 bridgehead atoms. The minimum Gasteiger partial charge on any atom is -0.422 e. The summed E-state index contributed by atoms with van der Waals surface area (Å²) in [5, 5.41) is 2.37. The third-order valence-corrected chi connectivity index (χ3v) is 6.20. The van der Waals surface area contributed by atoms with E-state index in [1.165, 1.54) is 68.6 Å². The maximum atomic E-state index is 12.9. The summed E-state index contributed by atoms with van der Waals surface area (Å²) in [7, 11) is 0. The first-order chi connectivity index (χ1) is 15.2. The molecule has 0 radical (unpaired) electrons. The molecule has 2 aromatic rings. The van der Waals surface area contributed by atoms with Crippen LogP contribution >= 0.6 is 0 Å². The van der Waals surface area contributed by atoms with Gasteiger partial charge in [-0.15, -0.1) is 0 Å². The van der Waals surface area contributed by atoms with Crippen molar-refractivity contribution >= 4 is 28.6 Å². The number of benzene rings is 2. The number of esters is 1. The Labute approximate surface area is 188 Å². The van der Waals surface area contributed by atoms with Gasteiger partial charge in [-0.3, -0.25) is 0 Å². The number of allylic oxidation sites excluding steroid dienone is 1. The average molecular weight is 419 g/mol. The van der Waals surface area contributed by atoms with E-state index >= 15 is 0 Å². The van der Waals surface area contributed by atoms with Crippen molar-refractivity contribution in [2.45, 2.75) is 90.9 Å². The van der Waals surface area contributed by atoms with E-state index in [-0.39, 0.29) is 5.97 Å². The van der Waals surface area contributed by atoms with Crippen LogP contribution in [-0.2, 0) is 9.53 Å². The molecule has 0 N–H and O–H groups in total. The summed E-state index contributed by atoms with van der Waals surface area (Å²) in [6.45, 7) is 4.35. The van der Waals surface area contributed by atoms with E-state index in [9.17, 15) is 4.79 Å². The molecule has 1 aliphatic rings. The number of unbranched alkanes of at least 4 members (excludes halogenated alkanes) is 9. The molecule has 1 aliphatic carbocycles. The number of carbonyl (C=O) groups is 1. The fraction of sp³-hybridized carbons (Fsp3) is 0.483. The zero-order chi connectivity index (χ0) is 21.9. The largest absolute Gasteiger partial charge is 0.422 e. The molecule has 0 aromatic heterocycles. The van der Waals surface area contributed by atoms with Crippen molar-refractivity contribution < 1.29 is 9.53 Å². The average Bonchev–Trinajstić information content (AvgIpc) is 3.13. The predicted molar refractivity (Wildman–Crippen MR) is 133 cm³/mol. The summed E-state index contributed by atoms with van der Waals surface area (Å²) < 4.78 is 5.89. The summed E-state index contributed by atoms with van der Waals surface area (Å²) in [6.07, 6.45) is 18.7. The van der Waals surface area contributed by atoms with Crippen LogP contribution in [0.5, 0.6) is 0 Å². The molecule has 2 heteroatoms. The fourth-order valence-corrected chi connectivity index (χ4v) is 4.50. The molecule has 0 saturated heterocycles. The molecule has 31 heavy (non-hydrogen) atoms. The normalized spacial score (nSPS) is 13.0. The second kappa shape index (κ2) is 12.5. The van der Waals surface area contributed by atoms with E-state index < -0.39 is 0 Å². The van der Waals surface area contributed by atoms with Gasteiger partial charge in [-0.05, 0) is 41.7 Å². The summed E-state index contributed by atoms with van der Waals surface area (Å²) in [4.78, 5) is 12.9. The van der Waals surface area contributed by atoms with E-state index in [0.717, 1.165) is 36.0 Å². The van der Waals surface area contributed by atoms with Crippen molar-refractivity contribution in [3.05, 3.63) is 59.2 Å².